The highest BCUT2D eigenvalue weighted by Crippen LogP contribution is 2.30. The van der Waals surface area contributed by atoms with E-state index in [0.717, 1.165) is 49.1 Å². The molecule has 0 unspecified atom stereocenters. The van der Waals surface area contributed by atoms with Crippen LogP contribution in [0.2, 0.25) is 0 Å². The van der Waals surface area contributed by atoms with Crippen molar-refractivity contribution in [2.75, 3.05) is 36.5 Å². The lowest BCUT2D eigenvalue weighted by Gasteiger charge is -2.37. The maximum Gasteiger partial charge on any atom is 0.151 e. The Bertz CT molecular complexity index is 729. The van der Waals surface area contributed by atoms with E-state index in [0.29, 0.717) is 6.04 Å². The Hall–Kier alpha value is -2.22. The molecule has 144 valence electrons. The molecular weight excluding hydrogens is 340 g/mol. The smallest absolute Gasteiger partial charge is 0.151 e. The molecule has 2 aliphatic rings. The zero-order valence-corrected chi connectivity index (χ0v) is 15.6. The van der Waals surface area contributed by atoms with Gasteiger partial charge in [0, 0.05) is 61.9 Å². The van der Waals surface area contributed by atoms with E-state index in [2.05, 4.69) is 36.7 Å². The van der Waals surface area contributed by atoms with Gasteiger partial charge in [-0.1, -0.05) is 18.9 Å². The number of aliphatic hydroxyl groups is 1. The summed E-state index contributed by atoms with van der Waals surface area (Å²) in [5.74, 6) is 1.68. The molecule has 0 radical (unpaired) electrons. The first-order valence-electron chi connectivity index (χ1n) is 9.88. The maximum absolute atomic E-state index is 9.76. The number of aromatic nitrogens is 2. The molecule has 7 nitrogen and oxygen atoms in total. The topological polar surface area (TPSA) is 76.6 Å². The van der Waals surface area contributed by atoms with Gasteiger partial charge in [0.1, 0.15) is 5.82 Å². The molecule has 2 aromatic heterocycles. The quantitative estimate of drug-likeness (QED) is 0.722. The number of hydrazine groups is 1. The van der Waals surface area contributed by atoms with Gasteiger partial charge >= 0.3 is 0 Å². The van der Waals surface area contributed by atoms with Crippen molar-refractivity contribution in [1.29, 1.82) is 0 Å². The van der Waals surface area contributed by atoms with Crippen molar-refractivity contribution >= 4 is 17.3 Å². The van der Waals surface area contributed by atoms with Gasteiger partial charge in [0.2, 0.25) is 0 Å². The summed E-state index contributed by atoms with van der Waals surface area (Å²) >= 11 is 0. The monoisotopic (exact) mass is 368 g/mol. The van der Waals surface area contributed by atoms with Crippen molar-refractivity contribution in [2.24, 2.45) is 0 Å². The molecule has 0 amide bonds. The van der Waals surface area contributed by atoms with E-state index in [1.807, 2.05) is 24.4 Å². The lowest BCUT2D eigenvalue weighted by molar-refractivity contribution is 0.240. The van der Waals surface area contributed by atoms with E-state index < -0.39 is 0 Å². The number of hydrogen-bond acceptors (Lipinski definition) is 7. The number of nitrogens with one attached hydrogen (secondary N) is 2. The Balaban J connectivity index is 1.68. The molecule has 0 atom stereocenters. The van der Waals surface area contributed by atoms with Crippen molar-refractivity contribution in [3.05, 3.63) is 42.2 Å². The summed E-state index contributed by atoms with van der Waals surface area (Å²) in [6.45, 7) is 3.65. The minimum atomic E-state index is -0.0143. The lowest BCUT2D eigenvalue weighted by Crippen LogP contribution is -2.51. The van der Waals surface area contributed by atoms with Crippen molar-refractivity contribution in [2.45, 2.75) is 38.3 Å². The Labute approximate surface area is 160 Å². The maximum atomic E-state index is 9.76. The van der Waals surface area contributed by atoms with Crippen LogP contribution in [0.15, 0.2) is 36.7 Å². The third-order valence-electron chi connectivity index (χ3n) is 5.32. The highest BCUT2D eigenvalue weighted by Gasteiger charge is 2.24. The Morgan fingerprint density at radius 2 is 1.96 bits per heavy atom. The highest BCUT2D eigenvalue weighted by molar-refractivity contribution is 5.63. The van der Waals surface area contributed by atoms with E-state index in [4.69, 9.17) is 0 Å². The van der Waals surface area contributed by atoms with Gasteiger partial charge < -0.3 is 15.7 Å². The summed E-state index contributed by atoms with van der Waals surface area (Å²) in [4.78, 5) is 9.22. The fourth-order valence-corrected chi connectivity index (χ4v) is 3.88. The van der Waals surface area contributed by atoms with Crippen LogP contribution in [0.25, 0.3) is 0 Å². The third kappa shape index (κ3) is 4.21. The van der Waals surface area contributed by atoms with Crippen LogP contribution in [-0.4, -0.2) is 52.3 Å². The predicted molar refractivity (Wildman–Crippen MR) is 107 cm³/mol. The Morgan fingerprint density at radius 3 is 2.67 bits per heavy atom. The van der Waals surface area contributed by atoms with Gasteiger partial charge in [0.15, 0.2) is 5.82 Å². The third-order valence-corrected chi connectivity index (χ3v) is 5.32. The van der Waals surface area contributed by atoms with Gasteiger partial charge in [-0.3, -0.25) is 0 Å². The number of rotatable bonds is 6. The van der Waals surface area contributed by atoms with Gasteiger partial charge in [-0.15, -0.1) is 0 Å². The van der Waals surface area contributed by atoms with Crippen LogP contribution in [0.1, 0.15) is 31.2 Å². The summed E-state index contributed by atoms with van der Waals surface area (Å²) in [7, 11) is 0. The Kier molecular flexibility index (Phi) is 5.81. The molecule has 3 heterocycles. The summed E-state index contributed by atoms with van der Waals surface area (Å²) in [6.07, 6.45) is 8.50. The second kappa shape index (κ2) is 8.65. The molecule has 7 heteroatoms. The molecule has 0 aromatic carbocycles. The molecule has 2 fully saturated rings. The average Bonchev–Trinajstić information content (AvgIpc) is 3.23. The normalized spacial score (nSPS) is 18.6. The first-order valence-corrected chi connectivity index (χ1v) is 9.88. The second-order valence-electron chi connectivity index (χ2n) is 7.19. The first-order chi connectivity index (χ1) is 13.3. The predicted octanol–water partition coefficient (Wildman–Crippen LogP) is 2.28. The number of nitrogens with zero attached hydrogens (tertiary/aromatic N) is 4. The number of hydrogen-bond donors (Lipinski definition) is 3. The van der Waals surface area contributed by atoms with E-state index in [1.165, 1.54) is 25.7 Å². The molecule has 0 bridgehead atoms. The molecule has 2 aromatic rings. The van der Waals surface area contributed by atoms with Gasteiger partial charge in [0.25, 0.3) is 0 Å². The minimum absolute atomic E-state index is 0.0143. The summed E-state index contributed by atoms with van der Waals surface area (Å²) < 4.78 is 0. The molecule has 4 rings (SSSR count). The zero-order valence-electron chi connectivity index (χ0n) is 15.6. The number of aliphatic hydroxyl groups excluding tert-OH is 1. The molecular formula is C20H28N6O. The lowest BCUT2D eigenvalue weighted by atomic mass is 10.2. The van der Waals surface area contributed by atoms with Crippen LogP contribution in [0.4, 0.5) is 17.3 Å². The van der Waals surface area contributed by atoms with Gasteiger partial charge in [-0.25, -0.2) is 20.0 Å². The average molecular weight is 368 g/mol. The van der Waals surface area contributed by atoms with E-state index >= 15 is 0 Å². The molecule has 1 saturated heterocycles. The van der Waals surface area contributed by atoms with Crippen LogP contribution in [0.5, 0.6) is 0 Å². The number of anilines is 3. The molecule has 1 aliphatic heterocycles. The number of piperazine rings is 1. The number of pyridine rings is 2. The summed E-state index contributed by atoms with van der Waals surface area (Å²) in [6, 6.07) is 8.47. The van der Waals surface area contributed by atoms with Gasteiger partial charge in [0.05, 0.1) is 6.61 Å². The van der Waals surface area contributed by atoms with Crippen LogP contribution in [0, 0.1) is 0 Å². The molecule has 3 N–H and O–H groups in total. The molecule has 27 heavy (non-hydrogen) atoms. The Morgan fingerprint density at radius 1 is 1.15 bits per heavy atom. The van der Waals surface area contributed by atoms with Crippen LogP contribution < -0.4 is 15.6 Å². The fraction of sp³-hybridized carbons (Fsp3) is 0.500. The van der Waals surface area contributed by atoms with E-state index in [-0.39, 0.29) is 6.61 Å². The zero-order chi connectivity index (χ0) is 18.5. The minimum Gasteiger partial charge on any atom is -0.392 e. The fourth-order valence-electron chi connectivity index (χ4n) is 3.88. The van der Waals surface area contributed by atoms with Crippen molar-refractivity contribution in [3.8, 4) is 0 Å². The van der Waals surface area contributed by atoms with Crippen LogP contribution >= 0.6 is 0 Å². The van der Waals surface area contributed by atoms with Crippen LogP contribution in [0.3, 0.4) is 0 Å². The summed E-state index contributed by atoms with van der Waals surface area (Å²) in [5, 5.41) is 21.2. The molecule has 1 aliphatic carbocycles. The molecule has 1 saturated carbocycles. The van der Waals surface area contributed by atoms with Crippen molar-refractivity contribution < 1.29 is 5.11 Å². The summed E-state index contributed by atoms with van der Waals surface area (Å²) in [5.41, 5.74) is 1.82. The largest absolute Gasteiger partial charge is 0.392 e. The standard InChI is InChI=1S/C20H28N6O/c27-15-16-14-23-20(13-18(16)24-17-5-1-2-6-17)26(19-7-3-4-8-22-19)25-11-9-21-10-12-25/h3-4,7-8,13-14,17,21,27H,1-2,5-6,9-12,15H2,(H,23,24). The van der Waals surface area contributed by atoms with Crippen molar-refractivity contribution in [3.63, 3.8) is 0 Å². The molecule has 0 spiro atoms. The van der Waals surface area contributed by atoms with E-state index in [9.17, 15) is 5.11 Å². The van der Waals surface area contributed by atoms with Gasteiger partial charge in [-0.05, 0) is 25.0 Å². The van der Waals surface area contributed by atoms with Crippen LogP contribution in [-0.2, 0) is 6.61 Å². The highest BCUT2D eigenvalue weighted by atomic mass is 16.3. The first kappa shape index (κ1) is 18.2. The van der Waals surface area contributed by atoms with E-state index in [1.54, 1.807) is 6.20 Å². The van der Waals surface area contributed by atoms with Gasteiger partial charge in [-0.2, -0.15) is 0 Å². The second-order valence-corrected chi connectivity index (χ2v) is 7.19. The SMILES string of the molecule is OCc1cnc(N(c2ccccn2)N2CCNCC2)cc1NC1CCCC1. The van der Waals surface area contributed by atoms with Crippen molar-refractivity contribution in [1.82, 2.24) is 20.3 Å².